The lowest BCUT2D eigenvalue weighted by atomic mass is 9.92. The molecule has 6 heteroatoms. The molecule has 2 saturated heterocycles. The Labute approximate surface area is 158 Å². The molecule has 0 saturated carbocycles. The highest BCUT2D eigenvalue weighted by atomic mass is 19.1. The van der Waals surface area contributed by atoms with Crippen molar-refractivity contribution in [1.82, 2.24) is 9.80 Å². The molecular formula is C21H22FN3O2. The Hall–Kier alpha value is -2.73. The Balaban J connectivity index is 1.57. The average Bonchev–Trinajstić information content (AvgIpc) is 3.10. The van der Waals surface area contributed by atoms with Crippen LogP contribution in [0.5, 0.6) is 0 Å². The van der Waals surface area contributed by atoms with Gasteiger partial charge in [0.2, 0.25) is 5.91 Å². The number of piperazine rings is 1. The molecule has 2 aliphatic rings. The van der Waals surface area contributed by atoms with Crippen LogP contribution in [0.3, 0.4) is 0 Å². The second-order valence-electron chi connectivity index (χ2n) is 7.38. The van der Waals surface area contributed by atoms with Gasteiger partial charge in [-0.25, -0.2) is 4.39 Å². The molecule has 0 bridgehead atoms. The summed E-state index contributed by atoms with van der Waals surface area (Å²) in [5, 5.41) is 0. The summed E-state index contributed by atoms with van der Waals surface area (Å²) >= 11 is 0. The molecule has 0 aromatic heterocycles. The van der Waals surface area contributed by atoms with Gasteiger partial charge in [-0.2, -0.15) is 0 Å². The number of carbonyl (C=O) groups is 2. The van der Waals surface area contributed by atoms with Crippen molar-refractivity contribution in [3.8, 4) is 0 Å². The third-order valence-electron chi connectivity index (χ3n) is 5.70. The highest BCUT2D eigenvalue weighted by Crippen LogP contribution is 2.34. The van der Waals surface area contributed by atoms with Gasteiger partial charge in [0.05, 0.1) is 12.1 Å². The Bertz CT molecular complexity index is 873. The Kier molecular flexibility index (Phi) is 4.44. The molecule has 1 spiro atoms. The lowest BCUT2D eigenvalue weighted by molar-refractivity contribution is -0.123. The number of rotatable bonds is 2. The lowest BCUT2D eigenvalue weighted by Gasteiger charge is -2.46. The summed E-state index contributed by atoms with van der Waals surface area (Å²) < 4.78 is 13.6. The minimum Gasteiger partial charge on any atom is -0.337 e. The van der Waals surface area contributed by atoms with Gasteiger partial charge in [0.25, 0.3) is 5.91 Å². The molecule has 0 radical (unpaired) electrons. The second-order valence-corrected chi connectivity index (χ2v) is 7.38. The SMILES string of the molecule is CN1CC(=O)N(c2cccc(F)c2)CC12CCN(C(=O)c1ccccc1)C2. The topological polar surface area (TPSA) is 43.9 Å². The number of benzene rings is 2. The molecule has 2 fully saturated rings. The normalized spacial score (nSPS) is 23.3. The van der Waals surface area contributed by atoms with Crippen molar-refractivity contribution in [3.05, 3.63) is 66.0 Å². The van der Waals surface area contributed by atoms with E-state index in [-0.39, 0.29) is 29.7 Å². The Morgan fingerprint density at radius 1 is 1.07 bits per heavy atom. The van der Waals surface area contributed by atoms with E-state index in [4.69, 9.17) is 0 Å². The van der Waals surface area contributed by atoms with E-state index in [0.29, 0.717) is 30.9 Å². The summed E-state index contributed by atoms with van der Waals surface area (Å²) in [5.41, 5.74) is 0.927. The number of likely N-dealkylation sites (tertiary alicyclic amines) is 1. The first-order valence-electron chi connectivity index (χ1n) is 9.10. The molecule has 1 unspecified atom stereocenters. The molecular weight excluding hydrogens is 345 g/mol. The van der Waals surface area contributed by atoms with Crippen LogP contribution in [0.15, 0.2) is 54.6 Å². The van der Waals surface area contributed by atoms with Gasteiger partial charge in [-0.05, 0) is 43.8 Å². The monoisotopic (exact) mass is 367 g/mol. The number of hydrogen-bond donors (Lipinski definition) is 0. The number of nitrogens with zero attached hydrogens (tertiary/aromatic N) is 3. The van der Waals surface area contributed by atoms with Gasteiger partial charge in [-0.15, -0.1) is 0 Å². The van der Waals surface area contributed by atoms with E-state index in [1.54, 1.807) is 17.0 Å². The highest BCUT2D eigenvalue weighted by molar-refractivity contribution is 5.96. The fourth-order valence-electron chi connectivity index (χ4n) is 4.07. The minimum absolute atomic E-state index is 0.00933. The van der Waals surface area contributed by atoms with Crippen LogP contribution in [0.25, 0.3) is 0 Å². The van der Waals surface area contributed by atoms with Gasteiger partial charge >= 0.3 is 0 Å². The van der Waals surface area contributed by atoms with Crippen molar-refractivity contribution in [2.45, 2.75) is 12.0 Å². The summed E-state index contributed by atoms with van der Waals surface area (Å²) in [6, 6.07) is 15.4. The molecule has 140 valence electrons. The van der Waals surface area contributed by atoms with Crippen molar-refractivity contribution in [1.29, 1.82) is 0 Å². The number of carbonyl (C=O) groups excluding carboxylic acids is 2. The van der Waals surface area contributed by atoms with Crippen LogP contribution in [0.1, 0.15) is 16.8 Å². The van der Waals surface area contributed by atoms with Crippen LogP contribution in [0.2, 0.25) is 0 Å². The fraction of sp³-hybridized carbons (Fsp3) is 0.333. The first-order valence-corrected chi connectivity index (χ1v) is 9.10. The van der Waals surface area contributed by atoms with E-state index < -0.39 is 0 Å². The zero-order valence-electron chi connectivity index (χ0n) is 15.3. The summed E-state index contributed by atoms with van der Waals surface area (Å²) in [7, 11) is 1.93. The van der Waals surface area contributed by atoms with E-state index in [9.17, 15) is 14.0 Å². The minimum atomic E-state index is -0.361. The van der Waals surface area contributed by atoms with Crippen LogP contribution >= 0.6 is 0 Å². The Morgan fingerprint density at radius 2 is 1.85 bits per heavy atom. The first-order chi connectivity index (χ1) is 13.0. The number of halogens is 1. The van der Waals surface area contributed by atoms with E-state index >= 15 is 0 Å². The van der Waals surface area contributed by atoms with Crippen LogP contribution < -0.4 is 4.90 Å². The van der Waals surface area contributed by atoms with Crippen LogP contribution in [0, 0.1) is 5.82 Å². The van der Waals surface area contributed by atoms with Gasteiger partial charge in [-0.1, -0.05) is 24.3 Å². The third-order valence-corrected chi connectivity index (χ3v) is 5.70. The summed E-state index contributed by atoms with van der Waals surface area (Å²) in [4.78, 5) is 30.9. The quantitative estimate of drug-likeness (QED) is 0.819. The smallest absolute Gasteiger partial charge is 0.253 e. The Morgan fingerprint density at radius 3 is 2.59 bits per heavy atom. The van der Waals surface area contributed by atoms with E-state index in [1.807, 2.05) is 47.2 Å². The van der Waals surface area contributed by atoms with Crippen molar-refractivity contribution < 1.29 is 14.0 Å². The molecule has 0 N–H and O–H groups in total. The van der Waals surface area contributed by atoms with E-state index in [2.05, 4.69) is 0 Å². The van der Waals surface area contributed by atoms with Crippen molar-refractivity contribution >= 4 is 17.5 Å². The molecule has 2 aliphatic heterocycles. The predicted molar refractivity (Wildman–Crippen MR) is 101 cm³/mol. The zero-order valence-corrected chi connectivity index (χ0v) is 15.3. The number of anilines is 1. The summed E-state index contributed by atoms with van der Waals surface area (Å²) in [5.74, 6) is -0.405. The third kappa shape index (κ3) is 3.21. The molecule has 2 aromatic rings. The molecule has 27 heavy (non-hydrogen) atoms. The first kappa shape index (κ1) is 17.7. The van der Waals surface area contributed by atoms with Crippen molar-refractivity contribution in [3.63, 3.8) is 0 Å². The zero-order chi connectivity index (χ0) is 19.0. The molecule has 4 rings (SSSR count). The van der Waals surface area contributed by atoms with Crippen molar-refractivity contribution in [2.24, 2.45) is 0 Å². The maximum Gasteiger partial charge on any atom is 0.253 e. The van der Waals surface area contributed by atoms with Crippen LogP contribution in [-0.2, 0) is 4.79 Å². The molecule has 1 atom stereocenters. The maximum atomic E-state index is 13.6. The van der Waals surface area contributed by atoms with Crippen molar-refractivity contribution in [2.75, 3.05) is 38.1 Å². The van der Waals surface area contributed by atoms with Gasteiger partial charge in [0, 0.05) is 30.9 Å². The van der Waals surface area contributed by atoms with Gasteiger partial charge in [0.15, 0.2) is 0 Å². The molecule has 0 aliphatic carbocycles. The second kappa shape index (κ2) is 6.78. The summed E-state index contributed by atoms with van der Waals surface area (Å²) in [6.45, 7) is 1.90. The largest absolute Gasteiger partial charge is 0.337 e. The summed E-state index contributed by atoms with van der Waals surface area (Å²) in [6.07, 6.45) is 0.779. The van der Waals surface area contributed by atoms with Crippen LogP contribution in [-0.4, -0.2) is 60.4 Å². The van der Waals surface area contributed by atoms with Gasteiger partial charge < -0.3 is 9.80 Å². The molecule has 2 heterocycles. The fourth-order valence-corrected chi connectivity index (χ4v) is 4.07. The number of amides is 2. The van der Waals surface area contributed by atoms with E-state index in [1.165, 1.54) is 12.1 Å². The molecule has 2 amide bonds. The molecule has 5 nitrogen and oxygen atoms in total. The van der Waals surface area contributed by atoms with Gasteiger partial charge in [0.1, 0.15) is 5.82 Å². The average molecular weight is 367 g/mol. The highest BCUT2D eigenvalue weighted by Gasteiger charge is 2.48. The lowest BCUT2D eigenvalue weighted by Crippen LogP contribution is -2.64. The van der Waals surface area contributed by atoms with E-state index in [0.717, 1.165) is 6.42 Å². The van der Waals surface area contributed by atoms with Crippen LogP contribution in [0.4, 0.5) is 10.1 Å². The predicted octanol–water partition coefficient (Wildman–Crippen LogP) is 2.39. The number of likely N-dealkylation sites (N-methyl/N-ethyl adjacent to an activating group) is 1. The maximum absolute atomic E-state index is 13.6. The molecule has 2 aromatic carbocycles. The standard InChI is InChI=1S/C21H22FN3O2/c1-23-13-19(26)25(18-9-5-8-17(22)12-18)15-21(23)10-11-24(14-21)20(27)16-6-3-2-4-7-16/h2-9,12H,10-11,13-15H2,1H3. The van der Waals surface area contributed by atoms with Gasteiger partial charge in [-0.3, -0.25) is 14.5 Å². The number of hydrogen-bond acceptors (Lipinski definition) is 3.